The zero-order chi connectivity index (χ0) is 13.1. The molecular formula is C11H10BrF2N3O. The van der Waals surface area contributed by atoms with E-state index in [1.807, 2.05) is 0 Å². The number of anilines is 1. The molecule has 2 heterocycles. The highest BCUT2D eigenvalue weighted by Gasteiger charge is 2.16. The van der Waals surface area contributed by atoms with Crippen LogP contribution >= 0.6 is 15.9 Å². The van der Waals surface area contributed by atoms with Crippen LogP contribution in [-0.2, 0) is 0 Å². The minimum atomic E-state index is -2.77. The highest BCUT2D eigenvalue weighted by molar-refractivity contribution is 9.10. The van der Waals surface area contributed by atoms with E-state index in [9.17, 15) is 8.78 Å². The fraction of sp³-hybridized carbons (Fsp3) is 0.273. The Kier molecular flexibility index (Phi) is 4.03. The first-order valence-corrected chi connectivity index (χ1v) is 5.97. The van der Waals surface area contributed by atoms with Gasteiger partial charge in [-0.05, 0) is 28.1 Å². The molecule has 0 saturated heterocycles. The van der Waals surface area contributed by atoms with Crippen molar-refractivity contribution in [1.82, 2.24) is 9.97 Å². The molecule has 2 N–H and O–H groups in total. The maximum Gasteiger partial charge on any atom is 0.265 e. The topological polar surface area (TPSA) is 58.0 Å². The summed E-state index contributed by atoms with van der Waals surface area (Å²) in [5.74, 6) is 0. The summed E-state index contributed by atoms with van der Waals surface area (Å²) in [4.78, 5) is 8.28. The Morgan fingerprint density at radius 1 is 1.39 bits per heavy atom. The van der Waals surface area contributed by atoms with Gasteiger partial charge in [-0.15, -0.1) is 0 Å². The summed E-state index contributed by atoms with van der Waals surface area (Å²) in [6, 6.07) is 3.40. The number of hydrogen-bond acceptors (Lipinski definition) is 4. The van der Waals surface area contributed by atoms with E-state index in [1.54, 1.807) is 24.5 Å². The van der Waals surface area contributed by atoms with Gasteiger partial charge in [0.05, 0.1) is 11.2 Å². The third kappa shape index (κ3) is 2.91. The SMILES string of the molecule is OC(CNc1ccnc2cc(Br)cnc12)C(F)F. The Labute approximate surface area is 110 Å². The highest BCUT2D eigenvalue weighted by Crippen LogP contribution is 2.22. The lowest BCUT2D eigenvalue weighted by atomic mass is 10.2. The molecule has 7 heteroatoms. The quantitative estimate of drug-likeness (QED) is 0.909. The molecule has 0 aromatic carbocycles. The standard InChI is InChI=1S/C11H10BrF2N3O/c12-6-3-8-10(17-4-6)7(1-2-15-8)16-5-9(18)11(13)14/h1-4,9,11,18H,5H2,(H,15,16). The molecule has 96 valence electrons. The molecule has 0 aliphatic rings. The molecule has 2 aromatic heterocycles. The Bertz CT molecular complexity index is 553. The van der Waals surface area contributed by atoms with E-state index in [2.05, 4.69) is 31.2 Å². The molecule has 0 aliphatic heterocycles. The molecular weight excluding hydrogens is 308 g/mol. The van der Waals surface area contributed by atoms with Crippen LogP contribution in [0.3, 0.4) is 0 Å². The van der Waals surface area contributed by atoms with Crippen molar-refractivity contribution in [1.29, 1.82) is 0 Å². The van der Waals surface area contributed by atoms with E-state index in [1.165, 1.54) is 0 Å². The molecule has 0 fully saturated rings. The normalized spacial score (nSPS) is 12.9. The van der Waals surface area contributed by atoms with Crippen LogP contribution in [0.15, 0.2) is 29.0 Å². The predicted molar refractivity (Wildman–Crippen MR) is 67.7 cm³/mol. The van der Waals surface area contributed by atoms with Gasteiger partial charge in [0.15, 0.2) is 0 Å². The minimum Gasteiger partial charge on any atom is -0.385 e. The van der Waals surface area contributed by atoms with Gasteiger partial charge in [-0.25, -0.2) is 8.78 Å². The number of halogens is 3. The van der Waals surface area contributed by atoms with Crippen molar-refractivity contribution in [2.75, 3.05) is 11.9 Å². The molecule has 0 radical (unpaired) electrons. The monoisotopic (exact) mass is 317 g/mol. The summed E-state index contributed by atoms with van der Waals surface area (Å²) in [5.41, 5.74) is 1.77. The van der Waals surface area contributed by atoms with Crippen LogP contribution in [-0.4, -0.2) is 34.1 Å². The van der Waals surface area contributed by atoms with E-state index in [0.717, 1.165) is 4.47 Å². The number of nitrogens with zero attached hydrogens (tertiary/aromatic N) is 2. The second-order valence-electron chi connectivity index (χ2n) is 3.66. The number of nitrogens with one attached hydrogen (secondary N) is 1. The summed E-state index contributed by atoms with van der Waals surface area (Å²) in [5, 5.41) is 11.8. The molecule has 18 heavy (non-hydrogen) atoms. The zero-order valence-electron chi connectivity index (χ0n) is 9.15. The summed E-state index contributed by atoms with van der Waals surface area (Å²) < 4.78 is 25.1. The van der Waals surface area contributed by atoms with Gasteiger partial charge in [-0.1, -0.05) is 0 Å². The Balaban J connectivity index is 2.23. The van der Waals surface area contributed by atoms with Crippen molar-refractivity contribution in [3.63, 3.8) is 0 Å². The third-order valence-electron chi connectivity index (χ3n) is 2.34. The molecule has 2 rings (SSSR count). The van der Waals surface area contributed by atoms with Gasteiger partial charge in [0.1, 0.15) is 11.6 Å². The van der Waals surface area contributed by atoms with Gasteiger partial charge >= 0.3 is 0 Å². The smallest absolute Gasteiger partial charge is 0.265 e. The molecule has 0 bridgehead atoms. The molecule has 0 spiro atoms. The van der Waals surface area contributed by atoms with Crippen molar-refractivity contribution in [2.45, 2.75) is 12.5 Å². The van der Waals surface area contributed by atoms with Crippen LogP contribution < -0.4 is 5.32 Å². The van der Waals surface area contributed by atoms with Crippen molar-refractivity contribution in [3.8, 4) is 0 Å². The average Bonchev–Trinajstić information content (AvgIpc) is 2.35. The predicted octanol–water partition coefficient (Wildman–Crippen LogP) is 2.43. The second-order valence-corrected chi connectivity index (χ2v) is 4.58. The van der Waals surface area contributed by atoms with Crippen LogP contribution in [0, 0.1) is 0 Å². The number of alkyl halides is 2. The van der Waals surface area contributed by atoms with Crippen molar-refractivity contribution in [2.24, 2.45) is 0 Å². The summed E-state index contributed by atoms with van der Waals surface area (Å²) in [7, 11) is 0. The number of fused-ring (bicyclic) bond motifs is 1. The Hall–Kier alpha value is -1.34. The van der Waals surface area contributed by atoms with Crippen molar-refractivity contribution >= 4 is 32.7 Å². The summed E-state index contributed by atoms with van der Waals surface area (Å²) >= 11 is 3.28. The average molecular weight is 318 g/mol. The number of rotatable bonds is 4. The van der Waals surface area contributed by atoms with Crippen LogP contribution in [0.5, 0.6) is 0 Å². The van der Waals surface area contributed by atoms with E-state index in [0.29, 0.717) is 16.7 Å². The van der Waals surface area contributed by atoms with Crippen LogP contribution in [0.2, 0.25) is 0 Å². The van der Waals surface area contributed by atoms with Gasteiger partial charge in [0.25, 0.3) is 6.43 Å². The van der Waals surface area contributed by atoms with Gasteiger partial charge in [-0.2, -0.15) is 0 Å². The second kappa shape index (κ2) is 5.53. The lowest BCUT2D eigenvalue weighted by Gasteiger charge is -2.12. The van der Waals surface area contributed by atoms with E-state index in [4.69, 9.17) is 5.11 Å². The van der Waals surface area contributed by atoms with Gasteiger partial charge in [0.2, 0.25) is 0 Å². The fourth-order valence-corrected chi connectivity index (χ4v) is 1.77. The summed E-state index contributed by atoms with van der Waals surface area (Å²) in [6.45, 7) is -0.242. The fourth-order valence-electron chi connectivity index (χ4n) is 1.45. The summed E-state index contributed by atoms with van der Waals surface area (Å²) in [6.07, 6.45) is -1.33. The minimum absolute atomic E-state index is 0.242. The van der Waals surface area contributed by atoms with E-state index in [-0.39, 0.29) is 6.54 Å². The van der Waals surface area contributed by atoms with Gasteiger partial charge in [-0.3, -0.25) is 9.97 Å². The number of aromatic nitrogens is 2. The van der Waals surface area contributed by atoms with Gasteiger partial charge in [0, 0.05) is 23.4 Å². The highest BCUT2D eigenvalue weighted by atomic mass is 79.9. The molecule has 1 unspecified atom stereocenters. The van der Waals surface area contributed by atoms with E-state index < -0.39 is 12.5 Å². The van der Waals surface area contributed by atoms with Crippen LogP contribution in [0.1, 0.15) is 0 Å². The van der Waals surface area contributed by atoms with E-state index >= 15 is 0 Å². The van der Waals surface area contributed by atoms with Crippen LogP contribution in [0.25, 0.3) is 11.0 Å². The molecule has 0 amide bonds. The zero-order valence-corrected chi connectivity index (χ0v) is 10.7. The van der Waals surface area contributed by atoms with Gasteiger partial charge < -0.3 is 10.4 Å². The molecule has 0 saturated carbocycles. The maximum atomic E-state index is 12.2. The third-order valence-corrected chi connectivity index (χ3v) is 2.77. The largest absolute Gasteiger partial charge is 0.385 e. The molecule has 4 nitrogen and oxygen atoms in total. The maximum absolute atomic E-state index is 12.2. The molecule has 1 atom stereocenters. The van der Waals surface area contributed by atoms with Crippen LogP contribution in [0.4, 0.5) is 14.5 Å². The van der Waals surface area contributed by atoms with Crippen molar-refractivity contribution in [3.05, 3.63) is 29.0 Å². The number of aliphatic hydroxyl groups excluding tert-OH is 1. The molecule has 0 aliphatic carbocycles. The Morgan fingerprint density at radius 2 is 2.17 bits per heavy atom. The Morgan fingerprint density at radius 3 is 2.89 bits per heavy atom. The number of pyridine rings is 2. The van der Waals surface area contributed by atoms with Crippen molar-refractivity contribution < 1.29 is 13.9 Å². The first kappa shape index (κ1) is 13.1. The number of aliphatic hydroxyl groups is 1. The lowest BCUT2D eigenvalue weighted by Crippen LogP contribution is -2.26. The first-order chi connectivity index (χ1) is 8.58. The lowest BCUT2D eigenvalue weighted by molar-refractivity contribution is 0.00386. The molecule has 2 aromatic rings. The first-order valence-electron chi connectivity index (χ1n) is 5.18. The number of hydrogen-bond donors (Lipinski definition) is 2.